The molecule has 2 heterocycles. The first-order valence-corrected chi connectivity index (χ1v) is 7.06. The highest BCUT2D eigenvalue weighted by Gasteiger charge is 2.52. The normalized spacial score (nSPS) is 25.6. The molecule has 0 radical (unpaired) electrons. The van der Waals surface area contributed by atoms with Crippen LogP contribution in [0.25, 0.3) is 0 Å². The minimum absolute atomic E-state index is 0.182. The van der Waals surface area contributed by atoms with Gasteiger partial charge in [0.1, 0.15) is 5.54 Å². The number of rotatable bonds is 2. The quantitative estimate of drug-likeness (QED) is 0.818. The van der Waals surface area contributed by atoms with Gasteiger partial charge >= 0.3 is 6.03 Å². The molecule has 0 aliphatic carbocycles. The van der Waals surface area contributed by atoms with Crippen molar-refractivity contribution in [2.75, 3.05) is 13.1 Å². The van der Waals surface area contributed by atoms with Crippen LogP contribution in [-0.4, -0.2) is 35.5 Å². The molecule has 20 heavy (non-hydrogen) atoms. The van der Waals surface area contributed by atoms with Gasteiger partial charge in [-0.1, -0.05) is 29.3 Å². The van der Waals surface area contributed by atoms with E-state index in [1.54, 1.807) is 18.2 Å². The molecule has 3 amide bonds. The zero-order chi connectivity index (χ0) is 14.3. The summed E-state index contributed by atoms with van der Waals surface area (Å²) >= 11 is 11.8. The van der Waals surface area contributed by atoms with Gasteiger partial charge in [-0.3, -0.25) is 9.69 Å². The number of carbonyl (C=O) groups excluding carboxylic acids is 2. The van der Waals surface area contributed by atoms with Crippen LogP contribution >= 0.6 is 23.2 Å². The smallest absolute Gasteiger partial charge is 0.322 e. The van der Waals surface area contributed by atoms with Crippen LogP contribution in [0.1, 0.15) is 12.0 Å². The molecule has 1 aromatic carbocycles. The zero-order valence-corrected chi connectivity index (χ0v) is 12.1. The van der Waals surface area contributed by atoms with Crippen molar-refractivity contribution in [3.8, 4) is 0 Å². The van der Waals surface area contributed by atoms with Crippen LogP contribution in [0.15, 0.2) is 18.2 Å². The Labute approximate surface area is 126 Å². The lowest BCUT2D eigenvalue weighted by molar-refractivity contribution is -0.131. The Balaban J connectivity index is 1.82. The molecule has 2 saturated heterocycles. The monoisotopic (exact) mass is 313 g/mol. The average molecular weight is 314 g/mol. The molecule has 2 aliphatic heterocycles. The Kier molecular flexibility index (Phi) is 3.36. The van der Waals surface area contributed by atoms with Gasteiger partial charge < -0.3 is 10.6 Å². The fraction of sp³-hybridized carbons (Fsp3) is 0.385. The average Bonchev–Trinajstić information content (AvgIpc) is 2.96. The molecule has 1 atom stereocenters. The van der Waals surface area contributed by atoms with E-state index in [1.165, 1.54) is 4.90 Å². The van der Waals surface area contributed by atoms with Crippen LogP contribution in [0.2, 0.25) is 10.0 Å². The Morgan fingerprint density at radius 3 is 2.70 bits per heavy atom. The molecule has 1 spiro atoms. The summed E-state index contributed by atoms with van der Waals surface area (Å²) in [5, 5.41) is 6.76. The van der Waals surface area contributed by atoms with Crippen LogP contribution in [0.3, 0.4) is 0 Å². The van der Waals surface area contributed by atoms with Crippen LogP contribution in [0.5, 0.6) is 0 Å². The van der Waals surface area contributed by atoms with Crippen molar-refractivity contribution in [1.29, 1.82) is 0 Å². The van der Waals surface area contributed by atoms with Gasteiger partial charge in [-0.15, -0.1) is 0 Å². The summed E-state index contributed by atoms with van der Waals surface area (Å²) in [7, 11) is 0. The number of halogens is 2. The Bertz CT molecular complexity index is 585. The SMILES string of the molecule is O=C1NC2(CCNC2)C(=O)N1Cc1ccc(Cl)c(Cl)c1. The summed E-state index contributed by atoms with van der Waals surface area (Å²) in [6.45, 7) is 1.41. The molecule has 2 aliphatic rings. The van der Waals surface area contributed by atoms with E-state index in [-0.39, 0.29) is 18.5 Å². The first-order valence-electron chi connectivity index (χ1n) is 6.31. The standard InChI is InChI=1S/C13H13Cl2N3O2/c14-9-2-1-8(5-10(9)15)6-18-11(19)13(17-12(18)20)3-4-16-7-13/h1-2,5,16H,3-4,6-7H2,(H,17,20). The molecule has 2 N–H and O–H groups in total. The van der Waals surface area contributed by atoms with Crippen LogP contribution in [0, 0.1) is 0 Å². The maximum Gasteiger partial charge on any atom is 0.325 e. The van der Waals surface area contributed by atoms with E-state index < -0.39 is 5.54 Å². The van der Waals surface area contributed by atoms with Gasteiger partial charge in [0.15, 0.2) is 0 Å². The summed E-state index contributed by atoms with van der Waals surface area (Å²) < 4.78 is 0. The van der Waals surface area contributed by atoms with Crippen molar-refractivity contribution in [3.05, 3.63) is 33.8 Å². The fourth-order valence-corrected chi connectivity index (χ4v) is 2.94. The molecule has 2 fully saturated rings. The van der Waals surface area contributed by atoms with Crippen molar-refractivity contribution in [2.24, 2.45) is 0 Å². The van der Waals surface area contributed by atoms with E-state index in [2.05, 4.69) is 10.6 Å². The summed E-state index contributed by atoms with van der Waals surface area (Å²) in [4.78, 5) is 25.7. The van der Waals surface area contributed by atoms with E-state index in [4.69, 9.17) is 23.2 Å². The molecular formula is C13H13Cl2N3O2. The van der Waals surface area contributed by atoms with Crippen molar-refractivity contribution in [2.45, 2.75) is 18.5 Å². The molecule has 0 aromatic heterocycles. The van der Waals surface area contributed by atoms with Crippen LogP contribution in [0.4, 0.5) is 4.79 Å². The van der Waals surface area contributed by atoms with Gasteiger partial charge in [0.05, 0.1) is 16.6 Å². The first-order chi connectivity index (χ1) is 9.52. The van der Waals surface area contributed by atoms with E-state index in [0.29, 0.717) is 23.0 Å². The number of urea groups is 1. The number of amides is 3. The third-order valence-corrected chi connectivity index (χ3v) is 4.46. The number of hydrogen-bond donors (Lipinski definition) is 2. The molecule has 1 aromatic rings. The third kappa shape index (κ3) is 2.16. The lowest BCUT2D eigenvalue weighted by Crippen LogP contribution is -2.48. The predicted octanol–water partition coefficient (Wildman–Crippen LogP) is 1.78. The van der Waals surface area contributed by atoms with Gasteiger partial charge in [-0.25, -0.2) is 4.79 Å². The number of nitrogens with zero attached hydrogens (tertiary/aromatic N) is 1. The van der Waals surface area contributed by atoms with Crippen molar-refractivity contribution < 1.29 is 9.59 Å². The van der Waals surface area contributed by atoms with Crippen molar-refractivity contribution in [3.63, 3.8) is 0 Å². The highest BCUT2D eigenvalue weighted by atomic mass is 35.5. The summed E-state index contributed by atoms with van der Waals surface area (Å²) in [5.41, 5.74) is -0.00117. The van der Waals surface area contributed by atoms with Gasteiger partial charge in [0.2, 0.25) is 0 Å². The van der Waals surface area contributed by atoms with E-state index in [9.17, 15) is 9.59 Å². The maximum atomic E-state index is 12.4. The van der Waals surface area contributed by atoms with Gasteiger partial charge in [0.25, 0.3) is 5.91 Å². The summed E-state index contributed by atoms with van der Waals surface area (Å²) in [6.07, 6.45) is 0.620. The van der Waals surface area contributed by atoms with Crippen molar-refractivity contribution >= 4 is 35.1 Å². The second-order valence-corrected chi connectivity index (χ2v) is 5.89. The van der Waals surface area contributed by atoms with E-state index in [1.807, 2.05) is 0 Å². The lowest BCUT2D eigenvalue weighted by atomic mass is 9.99. The second kappa shape index (κ2) is 4.91. The van der Waals surface area contributed by atoms with Crippen LogP contribution in [-0.2, 0) is 11.3 Å². The number of nitrogens with one attached hydrogen (secondary N) is 2. The lowest BCUT2D eigenvalue weighted by Gasteiger charge is -2.19. The fourth-order valence-electron chi connectivity index (χ4n) is 2.62. The first kappa shape index (κ1) is 13.7. The Hall–Kier alpha value is -1.30. The van der Waals surface area contributed by atoms with Gasteiger partial charge in [-0.2, -0.15) is 0 Å². The van der Waals surface area contributed by atoms with Gasteiger partial charge in [-0.05, 0) is 30.7 Å². The molecule has 106 valence electrons. The highest BCUT2D eigenvalue weighted by Crippen LogP contribution is 2.27. The minimum Gasteiger partial charge on any atom is -0.322 e. The van der Waals surface area contributed by atoms with Gasteiger partial charge in [0, 0.05) is 6.54 Å². The minimum atomic E-state index is -0.771. The molecule has 0 bridgehead atoms. The van der Waals surface area contributed by atoms with E-state index >= 15 is 0 Å². The number of hydrogen-bond acceptors (Lipinski definition) is 3. The summed E-state index contributed by atoms with van der Waals surface area (Å²) in [6, 6.07) is 4.73. The third-order valence-electron chi connectivity index (χ3n) is 3.73. The maximum absolute atomic E-state index is 12.4. The molecule has 7 heteroatoms. The van der Waals surface area contributed by atoms with Crippen molar-refractivity contribution in [1.82, 2.24) is 15.5 Å². The Morgan fingerprint density at radius 1 is 1.25 bits per heavy atom. The highest BCUT2D eigenvalue weighted by molar-refractivity contribution is 6.42. The zero-order valence-electron chi connectivity index (χ0n) is 10.6. The molecule has 5 nitrogen and oxygen atoms in total. The molecule has 1 unspecified atom stereocenters. The molecular weight excluding hydrogens is 301 g/mol. The Morgan fingerprint density at radius 2 is 2.05 bits per heavy atom. The number of benzene rings is 1. The number of imide groups is 1. The summed E-state index contributed by atoms with van der Waals surface area (Å²) in [5.74, 6) is -0.182. The second-order valence-electron chi connectivity index (χ2n) is 5.08. The largest absolute Gasteiger partial charge is 0.325 e. The van der Waals surface area contributed by atoms with E-state index in [0.717, 1.165) is 12.1 Å². The topological polar surface area (TPSA) is 61.4 Å². The molecule has 0 saturated carbocycles. The predicted molar refractivity (Wildman–Crippen MR) is 75.8 cm³/mol. The number of carbonyl (C=O) groups is 2. The van der Waals surface area contributed by atoms with Crippen LogP contribution < -0.4 is 10.6 Å². The molecule has 3 rings (SSSR count).